The van der Waals surface area contributed by atoms with Gasteiger partial charge >= 0.3 is 0 Å². The molecule has 142 valence electrons. The first kappa shape index (κ1) is 17.9. The molecule has 1 aromatic rings. The summed E-state index contributed by atoms with van der Waals surface area (Å²) >= 11 is 0. The highest BCUT2D eigenvalue weighted by molar-refractivity contribution is 5.83. The Labute approximate surface area is 155 Å². The van der Waals surface area contributed by atoms with Crippen molar-refractivity contribution < 1.29 is 13.9 Å². The van der Waals surface area contributed by atoms with Crippen LogP contribution in [0.25, 0.3) is 0 Å². The number of rotatable bonds is 6. The topological polar surface area (TPSA) is 32.8 Å². The second-order valence-corrected chi connectivity index (χ2v) is 7.94. The third-order valence-corrected chi connectivity index (χ3v) is 6.12. The average molecular weight is 360 g/mol. The number of carbonyl (C=O) groups is 1. The van der Waals surface area contributed by atoms with Crippen molar-refractivity contribution in [1.82, 2.24) is 9.80 Å². The predicted octanol–water partition coefficient (Wildman–Crippen LogP) is 3.03. The molecule has 1 saturated carbocycles. The Bertz CT molecular complexity index is 607. The van der Waals surface area contributed by atoms with Crippen LogP contribution in [0.5, 0.6) is 0 Å². The molecule has 5 heteroatoms. The third kappa shape index (κ3) is 4.26. The van der Waals surface area contributed by atoms with Crippen LogP contribution in [-0.4, -0.2) is 61.1 Å². The maximum absolute atomic E-state index is 13.0. The highest BCUT2D eigenvalue weighted by atomic mass is 19.1. The number of piperidine rings is 1. The van der Waals surface area contributed by atoms with Crippen LogP contribution >= 0.6 is 0 Å². The lowest BCUT2D eigenvalue weighted by molar-refractivity contribution is -0.135. The normalized spacial score (nSPS) is 27.0. The van der Waals surface area contributed by atoms with E-state index in [2.05, 4.69) is 4.90 Å². The van der Waals surface area contributed by atoms with Crippen LogP contribution in [0.3, 0.4) is 0 Å². The molecule has 2 atom stereocenters. The van der Waals surface area contributed by atoms with Crippen molar-refractivity contribution in [2.75, 3.05) is 39.3 Å². The second-order valence-electron chi connectivity index (χ2n) is 7.94. The van der Waals surface area contributed by atoms with E-state index in [1.54, 1.807) is 0 Å². The Hall–Kier alpha value is -1.46. The van der Waals surface area contributed by atoms with Crippen molar-refractivity contribution >= 4 is 5.91 Å². The van der Waals surface area contributed by atoms with Crippen LogP contribution < -0.4 is 0 Å². The van der Waals surface area contributed by atoms with E-state index in [-0.39, 0.29) is 23.6 Å². The zero-order valence-electron chi connectivity index (χ0n) is 15.4. The number of nitrogens with zero attached hydrogens (tertiary/aromatic N) is 2. The van der Waals surface area contributed by atoms with Gasteiger partial charge in [-0.2, -0.15) is 0 Å². The van der Waals surface area contributed by atoms with Crippen LogP contribution in [0.15, 0.2) is 24.3 Å². The van der Waals surface area contributed by atoms with Gasteiger partial charge in [-0.25, -0.2) is 4.39 Å². The number of halogens is 1. The second kappa shape index (κ2) is 8.05. The molecule has 3 aliphatic rings. The average Bonchev–Trinajstić information content (AvgIpc) is 3.29. The van der Waals surface area contributed by atoms with Gasteiger partial charge in [0.05, 0.1) is 12.7 Å². The Morgan fingerprint density at radius 3 is 2.46 bits per heavy atom. The molecule has 3 fully saturated rings. The maximum Gasteiger partial charge on any atom is 0.226 e. The summed E-state index contributed by atoms with van der Waals surface area (Å²) in [5.41, 5.74) is 1.09. The van der Waals surface area contributed by atoms with E-state index >= 15 is 0 Å². The molecule has 26 heavy (non-hydrogen) atoms. The Morgan fingerprint density at radius 2 is 1.77 bits per heavy atom. The van der Waals surface area contributed by atoms with Crippen LogP contribution in [0.2, 0.25) is 0 Å². The summed E-state index contributed by atoms with van der Waals surface area (Å²) in [6, 6.07) is 6.60. The molecular weight excluding hydrogens is 331 g/mol. The largest absolute Gasteiger partial charge is 0.377 e. The van der Waals surface area contributed by atoms with Gasteiger partial charge in [0.2, 0.25) is 5.91 Å². The van der Waals surface area contributed by atoms with E-state index in [0.29, 0.717) is 6.10 Å². The summed E-state index contributed by atoms with van der Waals surface area (Å²) in [6.07, 6.45) is 5.73. The van der Waals surface area contributed by atoms with Crippen molar-refractivity contribution in [3.63, 3.8) is 0 Å². The summed E-state index contributed by atoms with van der Waals surface area (Å²) in [6.45, 7) is 5.90. The van der Waals surface area contributed by atoms with Crippen molar-refractivity contribution in [2.24, 2.45) is 5.92 Å². The molecule has 2 unspecified atom stereocenters. The molecule has 1 aliphatic carbocycles. The molecule has 0 aromatic heterocycles. The van der Waals surface area contributed by atoms with Gasteiger partial charge in [-0.05, 0) is 68.8 Å². The Morgan fingerprint density at radius 1 is 1.08 bits per heavy atom. The van der Waals surface area contributed by atoms with Gasteiger partial charge < -0.3 is 14.5 Å². The Balaban J connectivity index is 1.17. The molecule has 4 nitrogen and oxygen atoms in total. The summed E-state index contributed by atoms with van der Waals surface area (Å²) in [4.78, 5) is 17.2. The standard InChI is InChI=1S/C21H29FN2O2/c22-17-5-3-16(4-6-17)19-15-20(19)21(25)24-11-7-18(8-12-24)26-14-13-23-9-1-2-10-23/h3-6,18-20H,1-2,7-15H2. The lowest BCUT2D eigenvalue weighted by Gasteiger charge is -2.32. The molecule has 1 aromatic carbocycles. The minimum Gasteiger partial charge on any atom is -0.377 e. The van der Waals surface area contributed by atoms with Crippen LogP contribution in [0, 0.1) is 11.7 Å². The number of ether oxygens (including phenoxy) is 1. The monoisotopic (exact) mass is 360 g/mol. The summed E-state index contributed by atoms with van der Waals surface area (Å²) in [5, 5.41) is 0. The van der Waals surface area contributed by atoms with E-state index in [4.69, 9.17) is 4.74 Å². The van der Waals surface area contributed by atoms with Crippen molar-refractivity contribution in [3.05, 3.63) is 35.6 Å². The smallest absolute Gasteiger partial charge is 0.226 e. The van der Waals surface area contributed by atoms with Gasteiger partial charge in [-0.1, -0.05) is 12.1 Å². The van der Waals surface area contributed by atoms with E-state index < -0.39 is 0 Å². The minimum atomic E-state index is -0.218. The SMILES string of the molecule is O=C(C1CC1c1ccc(F)cc1)N1CCC(OCCN2CCCC2)CC1. The number of likely N-dealkylation sites (tertiary alicyclic amines) is 2. The fourth-order valence-corrected chi connectivity index (χ4v) is 4.38. The maximum atomic E-state index is 13.0. The van der Waals surface area contributed by atoms with Gasteiger partial charge in [-0.15, -0.1) is 0 Å². The molecule has 2 saturated heterocycles. The molecule has 2 heterocycles. The number of hydrogen-bond acceptors (Lipinski definition) is 3. The first-order valence-electron chi connectivity index (χ1n) is 10.1. The molecule has 0 radical (unpaired) electrons. The highest BCUT2D eigenvalue weighted by Gasteiger charge is 2.46. The fraction of sp³-hybridized carbons (Fsp3) is 0.667. The quantitative estimate of drug-likeness (QED) is 0.782. The lowest BCUT2D eigenvalue weighted by atomic mass is 10.1. The molecule has 1 amide bonds. The van der Waals surface area contributed by atoms with E-state index in [1.807, 2.05) is 17.0 Å². The first-order chi connectivity index (χ1) is 12.7. The number of carbonyl (C=O) groups excluding carboxylic acids is 1. The predicted molar refractivity (Wildman–Crippen MR) is 98.5 cm³/mol. The summed E-state index contributed by atoms with van der Waals surface area (Å²) in [7, 11) is 0. The van der Waals surface area contributed by atoms with Crippen LogP contribution in [-0.2, 0) is 9.53 Å². The van der Waals surface area contributed by atoms with Gasteiger partial charge in [0, 0.05) is 25.6 Å². The fourth-order valence-electron chi connectivity index (χ4n) is 4.38. The summed E-state index contributed by atoms with van der Waals surface area (Å²) in [5.74, 6) is 0.421. The van der Waals surface area contributed by atoms with Gasteiger partial charge in [0.15, 0.2) is 0 Å². The highest BCUT2D eigenvalue weighted by Crippen LogP contribution is 2.48. The molecule has 0 spiro atoms. The number of hydrogen-bond donors (Lipinski definition) is 0. The Kier molecular flexibility index (Phi) is 5.55. The molecule has 4 rings (SSSR count). The van der Waals surface area contributed by atoms with Gasteiger partial charge in [0.1, 0.15) is 5.82 Å². The minimum absolute atomic E-state index is 0.0908. The van der Waals surface area contributed by atoms with Crippen molar-refractivity contribution in [1.29, 1.82) is 0 Å². The third-order valence-electron chi connectivity index (χ3n) is 6.12. The lowest BCUT2D eigenvalue weighted by Crippen LogP contribution is -2.42. The van der Waals surface area contributed by atoms with Crippen molar-refractivity contribution in [3.8, 4) is 0 Å². The van der Waals surface area contributed by atoms with Crippen LogP contribution in [0.1, 0.15) is 43.6 Å². The van der Waals surface area contributed by atoms with E-state index in [9.17, 15) is 9.18 Å². The molecule has 0 bridgehead atoms. The van der Waals surface area contributed by atoms with Gasteiger partial charge in [0.25, 0.3) is 0 Å². The number of amides is 1. The molecule has 2 aliphatic heterocycles. The van der Waals surface area contributed by atoms with E-state index in [0.717, 1.165) is 51.1 Å². The van der Waals surface area contributed by atoms with Crippen LogP contribution in [0.4, 0.5) is 4.39 Å². The van der Waals surface area contributed by atoms with Crippen molar-refractivity contribution in [2.45, 2.75) is 44.1 Å². The van der Waals surface area contributed by atoms with E-state index in [1.165, 1.54) is 38.1 Å². The molecule has 0 N–H and O–H groups in total. The number of benzene rings is 1. The van der Waals surface area contributed by atoms with Gasteiger partial charge in [-0.3, -0.25) is 4.79 Å². The summed E-state index contributed by atoms with van der Waals surface area (Å²) < 4.78 is 19.1. The molecular formula is C21H29FN2O2. The zero-order valence-corrected chi connectivity index (χ0v) is 15.4. The zero-order chi connectivity index (χ0) is 17.9. The first-order valence-corrected chi connectivity index (χ1v) is 10.1.